The summed E-state index contributed by atoms with van der Waals surface area (Å²) in [6.45, 7) is 2.36. The van der Waals surface area contributed by atoms with Gasteiger partial charge in [-0.05, 0) is 19.1 Å². The molecule has 1 heterocycles. The van der Waals surface area contributed by atoms with Crippen LogP contribution in [0.25, 0.3) is 10.8 Å². The SMILES string of the molecule is COCC(C)NC(=O)CCn1[nH]c(=O)c2ccccc2c1=O. The maximum atomic E-state index is 12.3. The van der Waals surface area contributed by atoms with Gasteiger partial charge < -0.3 is 10.1 Å². The molecule has 1 aromatic heterocycles. The van der Waals surface area contributed by atoms with E-state index >= 15 is 0 Å². The molecule has 0 aliphatic rings. The second-order valence-electron chi connectivity index (χ2n) is 5.12. The normalized spacial score (nSPS) is 12.3. The number of nitrogens with one attached hydrogen (secondary N) is 2. The molecule has 0 radical (unpaired) electrons. The lowest BCUT2D eigenvalue weighted by Crippen LogP contribution is -2.37. The Labute approximate surface area is 126 Å². The van der Waals surface area contributed by atoms with Crippen LogP contribution in [-0.4, -0.2) is 35.4 Å². The van der Waals surface area contributed by atoms with Gasteiger partial charge in [-0.2, -0.15) is 0 Å². The molecule has 2 N–H and O–H groups in total. The fourth-order valence-electron chi connectivity index (χ4n) is 2.26. The minimum atomic E-state index is -0.344. The van der Waals surface area contributed by atoms with Crippen molar-refractivity contribution in [1.82, 2.24) is 15.1 Å². The zero-order valence-corrected chi connectivity index (χ0v) is 12.6. The Hall–Kier alpha value is -2.41. The number of hydrogen-bond donors (Lipinski definition) is 2. The monoisotopic (exact) mass is 305 g/mol. The molecular weight excluding hydrogens is 286 g/mol. The van der Waals surface area contributed by atoms with Crippen molar-refractivity contribution in [2.75, 3.05) is 13.7 Å². The van der Waals surface area contributed by atoms with E-state index < -0.39 is 0 Å². The van der Waals surface area contributed by atoms with Crippen LogP contribution < -0.4 is 16.4 Å². The summed E-state index contributed by atoms with van der Waals surface area (Å²) in [5, 5.41) is 5.94. The van der Waals surface area contributed by atoms with Crippen molar-refractivity contribution in [2.45, 2.75) is 25.9 Å². The van der Waals surface area contributed by atoms with Gasteiger partial charge in [-0.15, -0.1) is 0 Å². The number of benzene rings is 1. The van der Waals surface area contributed by atoms with Crippen molar-refractivity contribution in [2.24, 2.45) is 0 Å². The lowest BCUT2D eigenvalue weighted by Gasteiger charge is -2.13. The van der Waals surface area contributed by atoms with Crippen molar-refractivity contribution in [3.8, 4) is 0 Å². The van der Waals surface area contributed by atoms with Crippen molar-refractivity contribution < 1.29 is 9.53 Å². The third-order valence-corrected chi connectivity index (χ3v) is 3.27. The third-order valence-electron chi connectivity index (χ3n) is 3.27. The van der Waals surface area contributed by atoms with Crippen LogP contribution in [-0.2, 0) is 16.1 Å². The van der Waals surface area contributed by atoms with E-state index in [-0.39, 0.29) is 36.0 Å². The summed E-state index contributed by atoms with van der Waals surface area (Å²) in [5.74, 6) is -0.203. The molecule has 0 aliphatic heterocycles. The highest BCUT2D eigenvalue weighted by Gasteiger charge is 2.10. The Morgan fingerprint density at radius 1 is 1.32 bits per heavy atom. The number of nitrogens with zero attached hydrogens (tertiary/aromatic N) is 1. The number of aryl methyl sites for hydroxylation is 1. The molecule has 1 unspecified atom stereocenters. The average molecular weight is 305 g/mol. The zero-order valence-electron chi connectivity index (χ0n) is 12.6. The number of hydrogen-bond acceptors (Lipinski definition) is 4. The van der Waals surface area contributed by atoms with Crippen molar-refractivity contribution in [3.63, 3.8) is 0 Å². The molecule has 22 heavy (non-hydrogen) atoms. The lowest BCUT2D eigenvalue weighted by molar-refractivity contribution is -0.122. The maximum Gasteiger partial charge on any atom is 0.273 e. The Morgan fingerprint density at radius 2 is 2.00 bits per heavy atom. The largest absolute Gasteiger partial charge is 0.383 e. The molecule has 1 aromatic carbocycles. The first kappa shape index (κ1) is 16.0. The van der Waals surface area contributed by atoms with Gasteiger partial charge in [0.2, 0.25) is 5.91 Å². The highest BCUT2D eigenvalue weighted by molar-refractivity contribution is 5.80. The van der Waals surface area contributed by atoms with Crippen LogP contribution in [0.4, 0.5) is 0 Å². The van der Waals surface area contributed by atoms with Gasteiger partial charge in [0, 0.05) is 19.6 Å². The van der Waals surface area contributed by atoms with E-state index in [0.717, 1.165) is 0 Å². The first-order valence-electron chi connectivity index (χ1n) is 7.03. The molecule has 1 amide bonds. The summed E-state index contributed by atoms with van der Waals surface area (Å²) >= 11 is 0. The number of carbonyl (C=O) groups excluding carboxylic acids is 1. The number of aromatic amines is 1. The highest BCUT2D eigenvalue weighted by atomic mass is 16.5. The van der Waals surface area contributed by atoms with Crippen molar-refractivity contribution in [3.05, 3.63) is 45.0 Å². The fourth-order valence-corrected chi connectivity index (χ4v) is 2.26. The second kappa shape index (κ2) is 7.04. The first-order valence-corrected chi connectivity index (χ1v) is 7.03. The lowest BCUT2D eigenvalue weighted by atomic mass is 10.2. The van der Waals surface area contributed by atoms with E-state index in [0.29, 0.717) is 17.4 Å². The van der Waals surface area contributed by atoms with Gasteiger partial charge in [0.05, 0.1) is 23.9 Å². The summed E-state index contributed by atoms with van der Waals surface area (Å²) in [6, 6.07) is 6.49. The van der Waals surface area contributed by atoms with Gasteiger partial charge in [0.1, 0.15) is 0 Å². The number of methoxy groups -OCH3 is 1. The van der Waals surface area contributed by atoms with Gasteiger partial charge in [0.15, 0.2) is 0 Å². The number of rotatable bonds is 6. The van der Waals surface area contributed by atoms with Crippen molar-refractivity contribution in [1.29, 1.82) is 0 Å². The van der Waals surface area contributed by atoms with E-state index in [9.17, 15) is 14.4 Å². The van der Waals surface area contributed by atoms with Crippen LogP contribution in [0.5, 0.6) is 0 Å². The number of H-pyrrole nitrogens is 1. The topological polar surface area (TPSA) is 93.2 Å². The number of fused-ring (bicyclic) bond motifs is 1. The molecule has 0 fully saturated rings. The first-order chi connectivity index (χ1) is 10.5. The van der Waals surface area contributed by atoms with Gasteiger partial charge in [-0.3, -0.25) is 19.5 Å². The Morgan fingerprint density at radius 3 is 2.68 bits per heavy atom. The van der Waals surface area contributed by atoms with Crippen LogP contribution in [0, 0.1) is 0 Å². The van der Waals surface area contributed by atoms with E-state index in [1.54, 1.807) is 31.4 Å². The smallest absolute Gasteiger partial charge is 0.273 e. The summed E-state index contributed by atoms with van der Waals surface area (Å²) in [5.41, 5.74) is -0.656. The molecule has 0 saturated carbocycles. The van der Waals surface area contributed by atoms with E-state index in [2.05, 4.69) is 10.4 Å². The molecule has 1 atom stereocenters. The van der Waals surface area contributed by atoms with Gasteiger partial charge in [-0.25, -0.2) is 4.68 Å². The van der Waals surface area contributed by atoms with Crippen LogP contribution in [0.2, 0.25) is 0 Å². The average Bonchev–Trinajstić information content (AvgIpc) is 2.49. The Bertz CT molecular complexity index is 778. The number of carbonyl (C=O) groups is 1. The zero-order chi connectivity index (χ0) is 16.1. The minimum Gasteiger partial charge on any atom is -0.383 e. The third kappa shape index (κ3) is 3.62. The molecule has 0 spiro atoms. The molecule has 2 aromatic rings. The highest BCUT2D eigenvalue weighted by Crippen LogP contribution is 2.02. The summed E-state index contributed by atoms with van der Waals surface area (Å²) < 4.78 is 6.10. The maximum absolute atomic E-state index is 12.3. The van der Waals surface area contributed by atoms with E-state index in [1.807, 2.05) is 6.92 Å². The van der Waals surface area contributed by atoms with Crippen LogP contribution >= 0.6 is 0 Å². The number of ether oxygens (including phenoxy) is 1. The molecular formula is C15H19N3O4. The van der Waals surface area contributed by atoms with Gasteiger partial charge >= 0.3 is 0 Å². The molecule has 118 valence electrons. The summed E-state index contributed by atoms with van der Waals surface area (Å²) in [6.07, 6.45) is 0.0994. The summed E-state index contributed by atoms with van der Waals surface area (Å²) in [4.78, 5) is 36.0. The Balaban J connectivity index is 2.13. The predicted molar refractivity (Wildman–Crippen MR) is 82.9 cm³/mol. The van der Waals surface area contributed by atoms with Gasteiger partial charge in [-0.1, -0.05) is 12.1 Å². The second-order valence-corrected chi connectivity index (χ2v) is 5.12. The van der Waals surface area contributed by atoms with Crippen LogP contribution in [0.3, 0.4) is 0 Å². The number of aromatic nitrogens is 2. The molecule has 0 saturated heterocycles. The molecule has 7 heteroatoms. The molecule has 0 aliphatic carbocycles. The van der Waals surface area contributed by atoms with Crippen LogP contribution in [0.1, 0.15) is 13.3 Å². The molecule has 7 nitrogen and oxygen atoms in total. The fraction of sp³-hybridized carbons (Fsp3) is 0.400. The van der Waals surface area contributed by atoms with E-state index in [4.69, 9.17) is 4.74 Å². The van der Waals surface area contributed by atoms with Crippen molar-refractivity contribution >= 4 is 16.7 Å². The predicted octanol–water partition coefficient (Wildman–Crippen LogP) is 0.231. The minimum absolute atomic E-state index is 0.0994. The molecule has 0 bridgehead atoms. The quantitative estimate of drug-likeness (QED) is 0.799. The molecule has 2 rings (SSSR count). The van der Waals surface area contributed by atoms with Crippen LogP contribution in [0.15, 0.2) is 33.9 Å². The van der Waals surface area contributed by atoms with Gasteiger partial charge in [0.25, 0.3) is 11.1 Å². The number of amides is 1. The Kier molecular flexibility index (Phi) is 5.11. The summed E-state index contributed by atoms with van der Waals surface area (Å²) in [7, 11) is 1.56. The van der Waals surface area contributed by atoms with E-state index in [1.165, 1.54) is 4.68 Å². The standard InChI is InChI=1S/C15H19N3O4/c1-10(9-22-2)16-13(19)7-8-18-15(21)12-6-4-3-5-11(12)14(20)17-18/h3-6,10H,7-9H2,1-2H3,(H,16,19)(H,17,20).